The smallest absolute Gasteiger partial charge is 0.264 e. The first kappa shape index (κ1) is 15.9. The number of hydrogen-bond donors (Lipinski definition) is 0. The van der Waals surface area contributed by atoms with Gasteiger partial charge in [-0.3, -0.25) is 0 Å². The summed E-state index contributed by atoms with van der Waals surface area (Å²) in [7, 11) is 0. The van der Waals surface area contributed by atoms with E-state index >= 15 is 0 Å². The molecular weight excluding hydrogens is 334 g/mol. The van der Waals surface area contributed by atoms with Crippen molar-refractivity contribution in [2.24, 2.45) is 0 Å². The molecule has 0 atom stereocenters. The Bertz CT molecular complexity index is 1030. The molecule has 0 N–H and O–H groups in total. The minimum absolute atomic E-state index is 0.201. The Kier molecular flexibility index (Phi) is 4.06. The molecule has 0 unspecified atom stereocenters. The van der Waals surface area contributed by atoms with E-state index in [1.807, 2.05) is 44.2 Å². The van der Waals surface area contributed by atoms with Crippen LogP contribution in [0, 0.1) is 0 Å². The minimum Gasteiger partial charge on any atom is -0.419 e. The molecule has 0 aliphatic carbocycles. The van der Waals surface area contributed by atoms with Crippen LogP contribution in [0.2, 0.25) is 5.02 Å². The molecule has 5 heteroatoms. The van der Waals surface area contributed by atoms with Gasteiger partial charge in [-0.05, 0) is 29.8 Å². The van der Waals surface area contributed by atoms with Gasteiger partial charge in [-0.25, -0.2) is 0 Å². The summed E-state index contributed by atoms with van der Waals surface area (Å²) in [6, 6.07) is 18.2. The van der Waals surface area contributed by atoms with Gasteiger partial charge < -0.3 is 8.98 Å². The predicted molar refractivity (Wildman–Crippen MR) is 99.9 cm³/mol. The molecule has 4 rings (SSSR count). The van der Waals surface area contributed by atoms with Crippen molar-refractivity contribution in [1.29, 1.82) is 0 Å². The second-order valence-corrected chi connectivity index (χ2v) is 6.84. The van der Waals surface area contributed by atoms with E-state index < -0.39 is 0 Å². The van der Waals surface area contributed by atoms with Gasteiger partial charge in [0.2, 0.25) is 5.89 Å². The third-order valence-electron chi connectivity index (χ3n) is 4.19. The molecule has 0 fully saturated rings. The molecule has 25 heavy (non-hydrogen) atoms. The lowest BCUT2D eigenvalue weighted by molar-refractivity contribution is 0.478. The van der Waals surface area contributed by atoms with Gasteiger partial charge in [0.1, 0.15) is 5.69 Å². The zero-order valence-electron chi connectivity index (χ0n) is 14.1. The van der Waals surface area contributed by atoms with Crippen LogP contribution < -0.4 is 0 Å². The Morgan fingerprint density at radius 2 is 1.88 bits per heavy atom. The third-order valence-corrected chi connectivity index (χ3v) is 4.43. The first-order valence-electron chi connectivity index (χ1n) is 8.28. The van der Waals surface area contributed by atoms with E-state index in [1.165, 1.54) is 0 Å². The van der Waals surface area contributed by atoms with Crippen LogP contribution >= 0.6 is 11.6 Å². The Labute approximate surface area is 151 Å². The Hall–Kier alpha value is -2.59. The Morgan fingerprint density at radius 1 is 1.04 bits per heavy atom. The molecule has 0 saturated heterocycles. The van der Waals surface area contributed by atoms with Crippen LogP contribution in [0.3, 0.4) is 0 Å². The van der Waals surface area contributed by atoms with Crippen molar-refractivity contribution in [2.75, 3.05) is 0 Å². The van der Waals surface area contributed by atoms with E-state index in [4.69, 9.17) is 16.0 Å². The van der Waals surface area contributed by atoms with Crippen molar-refractivity contribution in [3.63, 3.8) is 0 Å². The molecule has 2 aromatic carbocycles. The molecule has 0 amide bonds. The SMILES string of the molecule is CC(C)c1nnc(-c2cc3ccccc3n2Cc2cccc(Cl)c2)o1. The number of hydrogen-bond acceptors (Lipinski definition) is 3. The molecule has 2 heterocycles. The van der Waals surface area contributed by atoms with Crippen LogP contribution in [-0.2, 0) is 6.54 Å². The van der Waals surface area contributed by atoms with Crippen molar-refractivity contribution in [3.05, 3.63) is 71.1 Å². The maximum atomic E-state index is 6.15. The highest BCUT2D eigenvalue weighted by molar-refractivity contribution is 6.30. The number of fused-ring (bicyclic) bond motifs is 1. The summed E-state index contributed by atoms with van der Waals surface area (Å²) < 4.78 is 8.09. The Balaban J connectivity index is 1.85. The second kappa shape index (κ2) is 6.37. The van der Waals surface area contributed by atoms with Crippen molar-refractivity contribution < 1.29 is 4.42 Å². The summed E-state index contributed by atoms with van der Waals surface area (Å²) in [5, 5.41) is 10.3. The fourth-order valence-electron chi connectivity index (χ4n) is 2.95. The van der Waals surface area contributed by atoms with Crippen molar-refractivity contribution in [2.45, 2.75) is 26.3 Å². The standard InChI is InChI=1S/C20H18ClN3O/c1-13(2)19-22-23-20(25-19)18-11-15-7-3-4-9-17(15)24(18)12-14-6-5-8-16(21)10-14/h3-11,13H,12H2,1-2H3. The topological polar surface area (TPSA) is 43.9 Å². The quantitative estimate of drug-likeness (QED) is 0.486. The molecule has 2 aromatic heterocycles. The molecule has 0 bridgehead atoms. The van der Waals surface area contributed by atoms with Gasteiger partial charge in [0.05, 0.1) is 0 Å². The van der Waals surface area contributed by atoms with E-state index in [1.54, 1.807) is 0 Å². The number of nitrogens with zero attached hydrogens (tertiary/aromatic N) is 3. The molecule has 0 spiro atoms. The molecule has 0 aliphatic rings. The van der Waals surface area contributed by atoms with Gasteiger partial charge in [0.15, 0.2) is 0 Å². The number of halogens is 1. The molecule has 0 radical (unpaired) electrons. The summed E-state index contributed by atoms with van der Waals surface area (Å²) in [5.41, 5.74) is 3.17. The fraction of sp³-hybridized carbons (Fsp3) is 0.200. The lowest BCUT2D eigenvalue weighted by Crippen LogP contribution is -2.01. The highest BCUT2D eigenvalue weighted by Gasteiger charge is 2.17. The number of benzene rings is 2. The van der Waals surface area contributed by atoms with Crippen molar-refractivity contribution in [3.8, 4) is 11.6 Å². The zero-order chi connectivity index (χ0) is 17.4. The second-order valence-electron chi connectivity index (χ2n) is 6.40. The first-order chi connectivity index (χ1) is 12.1. The van der Waals surface area contributed by atoms with Crippen LogP contribution in [0.1, 0.15) is 31.2 Å². The molecule has 4 aromatic rings. The van der Waals surface area contributed by atoms with Gasteiger partial charge in [-0.2, -0.15) is 0 Å². The van der Waals surface area contributed by atoms with Gasteiger partial charge in [-0.1, -0.05) is 55.8 Å². The van der Waals surface area contributed by atoms with Crippen LogP contribution in [0.4, 0.5) is 0 Å². The first-order valence-corrected chi connectivity index (χ1v) is 8.66. The van der Waals surface area contributed by atoms with E-state index in [0.29, 0.717) is 18.3 Å². The predicted octanol–water partition coefficient (Wildman–Crippen LogP) is 5.52. The van der Waals surface area contributed by atoms with Crippen LogP contribution in [0.15, 0.2) is 59.0 Å². The summed E-state index contributed by atoms with van der Waals surface area (Å²) in [6.45, 7) is 4.76. The average molecular weight is 352 g/mol. The van der Waals surface area contributed by atoms with E-state index in [0.717, 1.165) is 27.2 Å². The monoisotopic (exact) mass is 351 g/mol. The normalized spacial score (nSPS) is 11.5. The molecule has 0 aliphatic heterocycles. The van der Waals surface area contributed by atoms with Gasteiger partial charge in [-0.15, -0.1) is 10.2 Å². The Morgan fingerprint density at radius 3 is 2.64 bits per heavy atom. The largest absolute Gasteiger partial charge is 0.419 e. The van der Waals surface area contributed by atoms with Crippen LogP contribution in [0.5, 0.6) is 0 Å². The highest BCUT2D eigenvalue weighted by Crippen LogP contribution is 2.29. The van der Waals surface area contributed by atoms with Gasteiger partial charge in [0, 0.05) is 28.4 Å². The maximum absolute atomic E-state index is 6.15. The molecular formula is C20H18ClN3O. The van der Waals surface area contributed by atoms with Gasteiger partial charge >= 0.3 is 0 Å². The fourth-order valence-corrected chi connectivity index (χ4v) is 3.16. The van der Waals surface area contributed by atoms with E-state index in [9.17, 15) is 0 Å². The lowest BCUT2D eigenvalue weighted by Gasteiger charge is -2.09. The maximum Gasteiger partial charge on any atom is 0.264 e. The van der Waals surface area contributed by atoms with E-state index in [-0.39, 0.29) is 5.92 Å². The molecule has 4 nitrogen and oxygen atoms in total. The summed E-state index contributed by atoms with van der Waals surface area (Å²) in [6.07, 6.45) is 0. The average Bonchev–Trinajstić information content (AvgIpc) is 3.20. The van der Waals surface area contributed by atoms with E-state index in [2.05, 4.69) is 39.0 Å². The summed E-state index contributed by atoms with van der Waals surface area (Å²) in [4.78, 5) is 0. The number of para-hydroxylation sites is 1. The summed E-state index contributed by atoms with van der Waals surface area (Å²) >= 11 is 6.15. The van der Waals surface area contributed by atoms with Crippen molar-refractivity contribution in [1.82, 2.24) is 14.8 Å². The van der Waals surface area contributed by atoms with Gasteiger partial charge in [0.25, 0.3) is 5.89 Å². The van der Waals surface area contributed by atoms with Crippen LogP contribution in [-0.4, -0.2) is 14.8 Å². The highest BCUT2D eigenvalue weighted by atomic mass is 35.5. The molecule has 0 saturated carbocycles. The van der Waals surface area contributed by atoms with Crippen molar-refractivity contribution >= 4 is 22.5 Å². The van der Waals surface area contributed by atoms with Crippen LogP contribution in [0.25, 0.3) is 22.5 Å². The number of rotatable bonds is 4. The molecule has 126 valence electrons. The zero-order valence-corrected chi connectivity index (χ0v) is 14.9. The minimum atomic E-state index is 0.201. The third kappa shape index (κ3) is 3.05. The lowest BCUT2D eigenvalue weighted by atomic mass is 10.2. The summed E-state index contributed by atoms with van der Waals surface area (Å²) in [5.74, 6) is 1.39. The number of aromatic nitrogens is 3.